The summed E-state index contributed by atoms with van der Waals surface area (Å²) >= 11 is 1.80. The Labute approximate surface area is 292 Å². The van der Waals surface area contributed by atoms with Gasteiger partial charge in [0.15, 0.2) is 17.5 Å². The van der Waals surface area contributed by atoms with Gasteiger partial charge in [-0.3, -0.25) is 0 Å². The summed E-state index contributed by atoms with van der Waals surface area (Å²) in [7, 11) is 0. The molecule has 0 saturated carbocycles. The summed E-state index contributed by atoms with van der Waals surface area (Å²) in [5.41, 5.74) is 8.91. The van der Waals surface area contributed by atoms with Crippen molar-refractivity contribution in [3.8, 4) is 51.0 Å². The number of aromatic nitrogens is 4. The summed E-state index contributed by atoms with van der Waals surface area (Å²) in [5, 5.41) is 4.94. The maximum Gasteiger partial charge on any atom is 0.165 e. The average Bonchev–Trinajstić information content (AvgIpc) is 3.74. The lowest BCUT2D eigenvalue weighted by Crippen LogP contribution is -2.00. The molecule has 7 aromatic carbocycles. The first kappa shape index (κ1) is 28.6. The minimum absolute atomic E-state index is 0.666. The molecule has 5 heteroatoms. The second kappa shape index (κ2) is 11.6. The zero-order valence-electron chi connectivity index (χ0n) is 26.9. The molecule has 0 aliphatic rings. The molecule has 0 spiro atoms. The molecule has 4 nitrogen and oxygen atoms in total. The lowest BCUT2D eigenvalue weighted by molar-refractivity contribution is 1.08. The number of fused-ring (bicyclic) bond motifs is 6. The molecule has 0 aliphatic carbocycles. The van der Waals surface area contributed by atoms with Crippen LogP contribution in [0.3, 0.4) is 0 Å². The highest BCUT2D eigenvalue weighted by atomic mass is 32.1. The van der Waals surface area contributed by atoms with Gasteiger partial charge in [0.2, 0.25) is 0 Å². The first-order valence-electron chi connectivity index (χ1n) is 16.7. The largest absolute Gasteiger partial charge is 0.309 e. The van der Waals surface area contributed by atoms with Crippen LogP contribution in [0.4, 0.5) is 0 Å². The van der Waals surface area contributed by atoms with E-state index < -0.39 is 0 Å². The van der Waals surface area contributed by atoms with Crippen molar-refractivity contribution in [2.75, 3.05) is 0 Å². The van der Waals surface area contributed by atoms with E-state index in [0.29, 0.717) is 17.5 Å². The van der Waals surface area contributed by atoms with Crippen LogP contribution in [0.15, 0.2) is 170 Å². The summed E-state index contributed by atoms with van der Waals surface area (Å²) < 4.78 is 4.77. The van der Waals surface area contributed by atoms with Crippen LogP contribution in [0.5, 0.6) is 0 Å². The van der Waals surface area contributed by atoms with Gasteiger partial charge in [0.05, 0.1) is 11.0 Å². The van der Waals surface area contributed by atoms with Crippen molar-refractivity contribution in [2.45, 2.75) is 0 Å². The minimum atomic E-state index is 0.666. The van der Waals surface area contributed by atoms with Crippen LogP contribution in [0.25, 0.3) is 93.0 Å². The van der Waals surface area contributed by atoms with Crippen molar-refractivity contribution >= 4 is 53.3 Å². The van der Waals surface area contributed by atoms with Crippen molar-refractivity contribution in [2.24, 2.45) is 0 Å². The van der Waals surface area contributed by atoms with E-state index in [0.717, 1.165) is 16.7 Å². The van der Waals surface area contributed by atoms with Gasteiger partial charge in [0.25, 0.3) is 0 Å². The number of hydrogen-bond donors (Lipinski definition) is 0. The molecule has 0 N–H and O–H groups in total. The van der Waals surface area contributed by atoms with Crippen molar-refractivity contribution in [3.05, 3.63) is 170 Å². The number of rotatable bonds is 5. The third-order valence-corrected chi connectivity index (χ3v) is 10.7. The topological polar surface area (TPSA) is 43.6 Å². The molecule has 0 bridgehead atoms. The van der Waals surface area contributed by atoms with E-state index >= 15 is 0 Å². The molecule has 10 aromatic rings. The van der Waals surface area contributed by atoms with Crippen LogP contribution >= 0.6 is 11.3 Å². The van der Waals surface area contributed by atoms with Gasteiger partial charge in [-0.05, 0) is 53.6 Å². The lowest BCUT2D eigenvalue weighted by Gasteiger charge is -2.09. The molecule has 50 heavy (non-hydrogen) atoms. The molecule has 0 aliphatic heterocycles. The summed E-state index contributed by atoms with van der Waals surface area (Å²) in [6.07, 6.45) is 0. The number of hydrogen-bond acceptors (Lipinski definition) is 4. The number of para-hydroxylation sites is 2. The molecule has 0 atom stereocenters. The van der Waals surface area contributed by atoms with Gasteiger partial charge in [0.1, 0.15) is 0 Å². The monoisotopic (exact) mass is 656 g/mol. The van der Waals surface area contributed by atoms with Crippen LogP contribution in [-0.2, 0) is 0 Å². The van der Waals surface area contributed by atoms with Gasteiger partial charge in [-0.1, -0.05) is 127 Å². The second-order valence-electron chi connectivity index (χ2n) is 12.5. The second-order valence-corrected chi connectivity index (χ2v) is 13.5. The van der Waals surface area contributed by atoms with Gasteiger partial charge in [-0.2, -0.15) is 0 Å². The zero-order chi connectivity index (χ0) is 33.0. The van der Waals surface area contributed by atoms with Gasteiger partial charge in [-0.15, -0.1) is 11.3 Å². The molecule has 0 fully saturated rings. The molecule has 0 radical (unpaired) electrons. The summed E-state index contributed by atoms with van der Waals surface area (Å²) in [4.78, 5) is 15.0. The fraction of sp³-hybridized carbons (Fsp3) is 0. The minimum Gasteiger partial charge on any atom is -0.309 e. The van der Waals surface area contributed by atoms with Crippen molar-refractivity contribution in [1.29, 1.82) is 0 Å². The third kappa shape index (κ3) is 4.71. The fourth-order valence-electron chi connectivity index (χ4n) is 7.09. The Kier molecular flexibility index (Phi) is 6.64. The smallest absolute Gasteiger partial charge is 0.165 e. The van der Waals surface area contributed by atoms with Gasteiger partial charge in [0, 0.05) is 53.3 Å². The predicted octanol–water partition coefficient (Wildman–Crippen LogP) is 12.0. The van der Waals surface area contributed by atoms with E-state index in [9.17, 15) is 0 Å². The SMILES string of the molecule is c1ccc(-c2nc(-c3ccccc3)nc(-c3cccc4c3sc3cc(-c5ccc6c(c5)c5ccccc5n6-c5ccccc5)ccc34)n2)cc1. The van der Waals surface area contributed by atoms with E-state index in [1.54, 1.807) is 11.3 Å². The first-order valence-corrected chi connectivity index (χ1v) is 17.5. The van der Waals surface area contributed by atoms with E-state index in [1.165, 1.54) is 58.8 Å². The third-order valence-electron chi connectivity index (χ3n) is 9.46. The Morgan fingerprint density at radius 1 is 0.380 bits per heavy atom. The molecule has 3 aromatic heterocycles. The van der Waals surface area contributed by atoms with Gasteiger partial charge in [-0.25, -0.2) is 15.0 Å². The first-order chi connectivity index (χ1) is 24.8. The van der Waals surface area contributed by atoms with Crippen LogP contribution in [0.2, 0.25) is 0 Å². The Hall–Kier alpha value is -6.43. The van der Waals surface area contributed by atoms with Gasteiger partial charge >= 0.3 is 0 Å². The maximum absolute atomic E-state index is 5.04. The van der Waals surface area contributed by atoms with Crippen molar-refractivity contribution in [3.63, 3.8) is 0 Å². The predicted molar refractivity (Wildman–Crippen MR) is 209 cm³/mol. The molecule has 0 unspecified atom stereocenters. The fourth-order valence-corrected chi connectivity index (χ4v) is 8.34. The number of benzene rings is 7. The van der Waals surface area contributed by atoms with Gasteiger partial charge < -0.3 is 4.57 Å². The standard InChI is InChI=1S/C45H28N4S/c1-4-13-29(14-5-1)43-46-44(30-15-6-2-7-16-30)48-45(47-43)37-21-12-20-36-35-25-23-32(28-41(35)50-42(36)37)31-24-26-40-38(27-31)34-19-10-11-22-39(34)49(40)33-17-8-3-9-18-33/h1-28H. The average molecular weight is 657 g/mol. The summed E-state index contributed by atoms with van der Waals surface area (Å²) in [6, 6.07) is 59.7. The molecule has 0 amide bonds. The Morgan fingerprint density at radius 3 is 1.70 bits per heavy atom. The Balaban J connectivity index is 1.12. The maximum atomic E-state index is 5.04. The van der Waals surface area contributed by atoms with Crippen LogP contribution < -0.4 is 0 Å². The van der Waals surface area contributed by atoms with E-state index in [4.69, 9.17) is 15.0 Å². The Bertz CT molecular complexity index is 2800. The Morgan fingerprint density at radius 2 is 0.960 bits per heavy atom. The van der Waals surface area contributed by atoms with Crippen molar-refractivity contribution < 1.29 is 0 Å². The highest BCUT2D eigenvalue weighted by Crippen LogP contribution is 2.42. The van der Waals surface area contributed by atoms with Crippen LogP contribution in [0, 0.1) is 0 Å². The van der Waals surface area contributed by atoms with Crippen LogP contribution in [0.1, 0.15) is 0 Å². The summed E-state index contributed by atoms with van der Waals surface area (Å²) in [5.74, 6) is 2.01. The van der Waals surface area contributed by atoms with E-state index in [1.807, 2.05) is 60.7 Å². The number of nitrogens with zero attached hydrogens (tertiary/aromatic N) is 4. The quantitative estimate of drug-likeness (QED) is 0.185. The lowest BCUT2D eigenvalue weighted by atomic mass is 10.0. The normalized spacial score (nSPS) is 11.6. The molecule has 0 saturated heterocycles. The summed E-state index contributed by atoms with van der Waals surface area (Å²) in [6.45, 7) is 0. The van der Waals surface area contributed by atoms with E-state index in [2.05, 4.69) is 114 Å². The van der Waals surface area contributed by atoms with Crippen molar-refractivity contribution in [1.82, 2.24) is 19.5 Å². The highest BCUT2D eigenvalue weighted by Gasteiger charge is 2.18. The molecular weight excluding hydrogens is 629 g/mol. The molecule has 234 valence electrons. The molecule has 3 heterocycles. The number of thiophene rings is 1. The zero-order valence-corrected chi connectivity index (χ0v) is 27.7. The van der Waals surface area contributed by atoms with E-state index in [-0.39, 0.29) is 0 Å². The molecule has 10 rings (SSSR count). The van der Waals surface area contributed by atoms with Crippen LogP contribution in [-0.4, -0.2) is 19.5 Å². The molecular formula is C45H28N4S. The highest BCUT2D eigenvalue weighted by molar-refractivity contribution is 7.26.